The monoisotopic (exact) mass is 412 g/mol. The fourth-order valence-electron chi connectivity index (χ4n) is 4.28. The van der Waals surface area contributed by atoms with E-state index in [0.29, 0.717) is 31.9 Å². The fraction of sp³-hybridized carbons (Fsp3) is 0.500. The molecule has 2 amide bonds. The van der Waals surface area contributed by atoms with Gasteiger partial charge in [0.1, 0.15) is 12.3 Å². The summed E-state index contributed by atoms with van der Waals surface area (Å²) in [5.74, 6) is 1.00. The Morgan fingerprint density at radius 2 is 1.97 bits per heavy atom. The predicted molar refractivity (Wildman–Crippen MR) is 111 cm³/mol. The van der Waals surface area contributed by atoms with Crippen molar-refractivity contribution in [3.8, 4) is 5.75 Å². The van der Waals surface area contributed by atoms with Crippen LogP contribution in [-0.4, -0.2) is 60.3 Å². The van der Waals surface area contributed by atoms with Crippen LogP contribution >= 0.6 is 0 Å². The van der Waals surface area contributed by atoms with Gasteiger partial charge in [0, 0.05) is 49.3 Å². The van der Waals surface area contributed by atoms with Gasteiger partial charge in [-0.25, -0.2) is 0 Å². The number of nitrogens with one attached hydrogen (secondary N) is 1. The van der Waals surface area contributed by atoms with E-state index in [0.717, 1.165) is 42.0 Å². The van der Waals surface area contributed by atoms with Crippen molar-refractivity contribution in [1.82, 2.24) is 20.0 Å². The van der Waals surface area contributed by atoms with Crippen LogP contribution < -0.4 is 10.1 Å². The van der Waals surface area contributed by atoms with Gasteiger partial charge in [-0.05, 0) is 37.1 Å². The molecule has 0 bridgehead atoms. The molecule has 3 heterocycles. The van der Waals surface area contributed by atoms with E-state index < -0.39 is 0 Å². The van der Waals surface area contributed by atoms with Gasteiger partial charge in [-0.15, -0.1) is 0 Å². The third-order valence-electron chi connectivity index (χ3n) is 6.01. The van der Waals surface area contributed by atoms with Crippen LogP contribution in [0.3, 0.4) is 0 Å². The van der Waals surface area contributed by atoms with Crippen LogP contribution in [-0.2, 0) is 29.1 Å². The van der Waals surface area contributed by atoms with E-state index in [9.17, 15) is 9.59 Å². The SMILES string of the molecule is CNC(=O)Cn1nc(C2CCN(C(=O)c3ccc(OC)cc3)CC2)c2c1CCOC2. The number of nitrogens with zero attached hydrogens (tertiary/aromatic N) is 3. The molecule has 8 heteroatoms. The van der Waals surface area contributed by atoms with Crippen molar-refractivity contribution in [3.05, 3.63) is 46.8 Å². The molecule has 0 unspecified atom stereocenters. The number of methoxy groups -OCH3 is 1. The highest BCUT2D eigenvalue weighted by Gasteiger charge is 2.31. The Kier molecular flexibility index (Phi) is 6.03. The predicted octanol–water partition coefficient (Wildman–Crippen LogP) is 1.73. The van der Waals surface area contributed by atoms with Gasteiger partial charge in [0.2, 0.25) is 5.91 Å². The number of hydrogen-bond donors (Lipinski definition) is 1. The highest BCUT2D eigenvalue weighted by molar-refractivity contribution is 5.94. The average Bonchev–Trinajstić information content (AvgIpc) is 3.17. The molecule has 0 saturated carbocycles. The molecule has 1 N–H and O–H groups in total. The molecule has 1 saturated heterocycles. The molecule has 0 aliphatic carbocycles. The number of likely N-dealkylation sites (N-methyl/N-ethyl adjacent to an activating group) is 1. The summed E-state index contributed by atoms with van der Waals surface area (Å²) < 4.78 is 12.7. The van der Waals surface area contributed by atoms with Crippen molar-refractivity contribution < 1.29 is 19.1 Å². The largest absolute Gasteiger partial charge is 0.497 e. The van der Waals surface area contributed by atoms with Crippen molar-refractivity contribution in [1.29, 1.82) is 0 Å². The lowest BCUT2D eigenvalue weighted by Crippen LogP contribution is -2.38. The molecule has 2 aromatic rings. The van der Waals surface area contributed by atoms with E-state index in [4.69, 9.17) is 14.6 Å². The van der Waals surface area contributed by atoms with Crippen LogP contribution in [0.2, 0.25) is 0 Å². The first-order chi connectivity index (χ1) is 14.6. The minimum atomic E-state index is -0.0572. The van der Waals surface area contributed by atoms with Gasteiger partial charge >= 0.3 is 0 Å². The number of amides is 2. The Labute approximate surface area is 176 Å². The van der Waals surface area contributed by atoms with E-state index in [1.165, 1.54) is 0 Å². The number of ether oxygens (including phenoxy) is 2. The Morgan fingerprint density at radius 3 is 2.63 bits per heavy atom. The standard InChI is InChI=1S/C22H28N4O4/c1-23-20(27)13-26-19-9-12-30-14-18(19)21(24-26)15-7-10-25(11-8-15)22(28)16-3-5-17(29-2)6-4-16/h3-6,15H,7-14H2,1-2H3,(H,23,27). The normalized spacial score (nSPS) is 16.8. The van der Waals surface area contributed by atoms with Gasteiger partial charge in [-0.2, -0.15) is 5.10 Å². The summed E-state index contributed by atoms with van der Waals surface area (Å²) >= 11 is 0. The first kappa shape index (κ1) is 20.4. The number of aromatic nitrogens is 2. The number of benzene rings is 1. The molecule has 1 aromatic heterocycles. The second-order valence-electron chi connectivity index (χ2n) is 7.74. The summed E-state index contributed by atoms with van der Waals surface area (Å²) in [6, 6.07) is 7.24. The van der Waals surface area contributed by atoms with E-state index in [2.05, 4.69) is 5.32 Å². The van der Waals surface area contributed by atoms with Crippen LogP contribution in [0.15, 0.2) is 24.3 Å². The molecule has 8 nitrogen and oxygen atoms in total. The zero-order valence-corrected chi connectivity index (χ0v) is 17.5. The summed E-state index contributed by atoms with van der Waals surface area (Å²) in [5, 5.41) is 7.48. The van der Waals surface area contributed by atoms with Crippen LogP contribution in [0.5, 0.6) is 5.75 Å². The molecule has 0 spiro atoms. The zero-order valence-electron chi connectivity index (χ0n) is 17.5. The number of fused-ring (bicyclic) bond motifs is 1. The van der Waals surface area contributed by atoms with Crippen molar-refractivity contribution in [3.63, 3.8) is 0 Å². The molecule has 1 aromatic carbocycles. The maximum absolute atomic E-state index is 12.8. The smallest absolute Gasteiger partial charge is 0.253 e. The first-order valence-corrected chi connectivity index (χ1v) is 10.4. The maximum Gasteiger partial charge on any atom is 0.253 e. The van der Waals surface area contributed by atoms with Crippen LogP contribution in [0.4, 0.5) is 0 Å². The third-order valence-corrected chi connectivity index (χ3v) is 6.01. The molecule has 4 rings (SSSR count). The van der Waals surface area contributed by atoms with Gasteiger partial charge in [-0.3, -0.25) is 14.3 Å². The van der Waals surface area contributed by atoms with Crippen molar-refractivity contribution in [2.24, 2.45) is 0 Å². The number of hydrogen-bond acceptors (Lipinski definition) is 5. The van der Waals surface area contributed by atoms with Crippen molar-refractivity contribution in [2.45, 2.75) is 38.3 Å². The van der Waals surface area contributed by atoms with E-state index in [-0.39, 0.29) is 24.3 Å². The lowest BCUT2D eigenvalue weighted by molar-refractivity contribution is -0.121. The number of rotatable bonds is 5. The van der Waals surface area contributed by atoms with Crippen LogP contribution in [0, 0.1) is 0 Å². The number of carbonyl (C=O) groups is 2. The summed E-state index contributed by atoms with van der Waals surface area (Å²) in [4.78, 5) is 26.6. The van der Waals surface area contributed by atoms with Gasteiger partial charge in [0.05, 0.1) is 26.0 Å². The summed E-state index contributed by atoms with van der Waals surface area (Å²) in [6.45, 7) is 2.80. The quantitative estimate of drug-likeness (QED) is 0.808. The molecule has 0 radical (unpaired) electrons. The van der Waals surface area contributed by atoms with Gasteiger partial charge in [0.25, 0.3) is 5.91 Å². The molecule has 2 aliphatic heterocycles. The van der Waals surface area contributed by atoms with Crippen LogP contribution in [0.1, 0.15) is 46.1 Å². The Hall–Kier alpha value is -2.87. The number of likely N-dealkylation sites (tertiary alicyclic amines) is 1. The van der Waals surface area contributed by atoms with Gasteiger partial charge in [-0.1, -0.05) is 0 Å². The summed E-state index contributed by atoms with van der Waals surface area (Å²) in [5.41, 5.74) is 3.95. The molecule has 2 aliphatic rings. The minimum Gasteiger partial charge on any atom is -0.497 e. The highest BCUT2D eigenvalue weighted by Crippen LogP contribution is 2.33. The van der Waals surface area contributed by atoms with Gasteiger partial charge in [0.15, 0.2) is 0 Å². The van der Waals surface area contributed by atoms with Crippen molar-refractivity contribution in [2.75, 3.05) is 33.9 Å². The Balaban J connectivity index is 1.46. The van der Waals surface area contributed by atoms with E-state index >= 15 is 0 Å². The third kappa shape index (κ3) is 4.05. The molecule has 160 valence electrons. The van der Waals surface area contributed by atoms with E-state index in [1.807, 2.05) is 21.7 Å². The Morgan fingerprint density at radius 1 is 1.23 bits per heavy atom. The average molecular weight is 412 g/mol. The fourth-order valence-corrected chi connectivity index (χ4v) is 4.28. The van der Waals surface area contributed by atoms with Crippen LogP contribution in [0.25, 0.3) is 0 Å². The summed E-state index contributed by atoms with van der Waals surface area (Å²) in [7, 11) is 3.25. The topological polar surface area (TPSA) is 85.7 Å². The molecule has 1 fully saturated rings. The lowest BCUT2D eigenvalue weighted by Gasteiger charge is -2.32. The lowest BCUT2D eigenvalue weighted by atomic mass is 9.90. The highest BCUT2D eigenvalue weighted by atomic mass is 16.5. The molecular weight excluding hydrogens is 384 g/mol. The van der Waals surface area contributed by atoms with Crippen molar-refractivity contribution >= 4 is 11.8 Å². The first-order valence-electron chi connectivity index (χ1n) is 10.4. The Bertz CT molecular complexity index is 914. The second kappa shape index (κ2) is 8.87. The second-order valence-corrected chi connectivity index (χ2v) is 7.74. The zero-order chi connectivity index (χ0) is 21.1. The summed E-state index contributed by atoms with van der Waals surface area (Å²) in [6.07, 6.45) is 2.48. The molecule has 0 atom stereocenters. The molecular formula is C22H28N4O4. The molecule has 30 heavy (non-hydrogen) atoms. The minimum absolute atomic E-state index is 0.0478. The number of piperidine rings is 1. The van der Waals surface area contributed by atoms with E-state index in [1.54, 1.807) is 26.3 Å². The maximum atomic E-state index is 12.8. The number of carbonyl (C=O) groups excluding carboxylic acids is 2. The van der Waals surface area contributed by atoms with Gasteiger partial charge < -0.3 is 19.7 Å².